The molecule has 0 bridgehead atoms. The first-order valence-corrected chi connectivity index (χ1v) is 7.21. The van der Waals surface area contributed by atoms with Gasteiger partial charge in [0.15, 0.2) is 0 Å². The highest BCUT2D eigenvalue weighted by Gasteiger charge is 2.33. The summed E-state index contributed by atoms with van der Waals surface area (Å²) in [7, 11) is 0. The van der Waals surface area contributed by atoms with E-state index in [4.69, 9.17) is 4.74 Å². The Morgan fingerprint density at radius 2 is 2.24 bits per heavy atom. The molecule has 0 aromatic carbocycles. The second-order valence-corrected chi connectivity index (χ2v) is 5.19. The van der Waals surface area contributed by atoms with Gasteiger partial charge in [-0.25, -0.2) is 4.99 Å². The third kappa shape index (κ3) is 6.33. The molecule has 1 fully saturated rings. The number of rotatable bonds is 6. The van der Waals surface area contributed by atoms with Gasteiger partial charge in [-0.05, 0) is 37.3 Å². The highest BCUT2D eigenvalue weighted by atomic mass is 19.4. The summed E-state index contributed by atoms with van der Waals surface area (Å²) >= 11 is 0. The topological polar surface area (TPSA) is 33.6 Å². The van der Waals surface area contributed by atoms with Crippen LogP contribution in [0.25, 0.3) is 0 Å². The van der Waals surface area contributed by atoms with E-state index in [1.807, 2.05) is 13.8 Å². The van der Waals surface area contributed by atoms with Gasteiger partial charge < -0.3 is 10.1 Å². The standard InChI is InChI=1S/C15H23F3N2O/c1-4-11(3)9-14(19-12-7-6-8-21-10-12)20-13(5-2)15(16,17)18/h5,9,11-12,19H,2,4,6-8,10H2,1,3H3/b14-9-,20-13+. The van der Waals surface area contributed by atoms with Gasteiger partial charge in [0.1, 0.15) is 11.5 Å². The molecule has 120 valence electrons. The van der Waals surface area contributed by atoms with Gasteiger partial charge in [0.05, 0.1) is 12.6 Å². The van der Waals surface area contributed by atoms with Crippen molar-refractivity contribution in [2.45, 2.75) is 45.3 Å². The Morgan fingerprint density at radius 3 is 2.71 bits per heavy atom. The number of halogens is 3. The molecule has 2 unspecified atom stereocenters. The SMILES string of the molecule is C=C/C(=N\C(=C/C(C)CC)NC1CCCOC1)C(F)(F)F. The molecule has 3 nitrogen and oxygen atoms in total. The minimum atomic E-state index is -4.50. The monoisotopic (exact) mass is 304 g/mol. The number of aliphatic imine (C=N–C) groups is 1. The molecule has 0 spiro atoms. The van der Waals surface area contributed by atoms with Gasteiger partial charge in [0, 0.05) is 6.61 Å². The van der Waals surface area contributed by atoms with Crippen LogP contribution in [0.15, 0.2) is 29.5 Å². The van der Waals surface area contributed by atoms with Crippen molar-refractivity contribution < 1.29 is 17.9 Å². The molecule has 0 radical (unpaired) electrons. The lowest BCUT2D eigenvalue weighted by Gasteiger charge is -2.25. The van der Waals surface area contributed by atoms with Crippen LogP contribution in [-0.2, 0) is 4.74 Å². The summed E-state index contributed by atoms with van der Waals surface area (Å²) < 4.78 is 43.7. The number of alkyl halides is 3. The van der Waals surface area contributed by atoms with Crippen molar-refractivity contribution in [2.75, 3.05) is 13.2 Å². The predicted octanol–water partition coefficient (Wildman–Crippen LogP) is 3.83. The first-order chi connectivity index (χ1) is 9.86. The molecule has 0 aromatic heterocycles. The lowest BCUT2D eigenvalue weighted by atomic mass is 10.1. The Labute approximate surface area is 124 Å². The zero-order valence-electron chi connectivity index (χ0n) is 12.5. The van der Waals surface area contributed by atoms with Gasteiger partial charge in [0.25, 0.3) is 0 Å². The first kappa shape index (κ1) is 17.8. The fourth-order valence-corrected chi connectivity index (χ4v) is 1.92. The molecule has 1 aliphatic heterocycles. The van der Waals surface area contributed by atoms with Crippen molar-refractivity contribution in [2.24, 2.45) is 10.9 Å². The van der Waals surface area contributed by atoms with E-state index in [-0.39, 0.29) is 17.8 Å². The largest absolute Gasteiger partial charge is 0.433 e. The van der Waals surface area contributed by atoms with E-state index >= 15 is 0 Å². The molecule has 1 saturated heterocycles. The van der Waals surface area contributed by atoms with E-state index in [0.717, 1.165) is 25.3 Å². The van der Waals surface area contributed by atoms with Gasteiger partial charge in [-0.2, -0.15) is 13.2 Å². The quantitative estimate of drug-likeness (QED) is 0.757. The smallest absolute Gasteiger partial charge is 0.379 e. The highest BCUT2D eigenvalue weighted by Crippen LogP contribution is 2.20. The molecule has 2 atom stereocenters. The van der Waals surface area contributed by atoms with Crippen LogP contribution in [0.1, 0.15) is 33.1 Å². The normalized spacial score (nSPS) is 22.8. The number of nitrogens with zero attached hydrogens (tertiary/aromatic N) is 1. The molecule has 0 aromatic rings. The molecular formula is C15H23F3N2O. The summed E-state index contributed by atoms with van der Waals surface area (Å²) in [6, 6.07) is -0.00268. The average Bonchev–Trinajstić information content (AvgIpc) is 2.44. The minimum absolute atomic E-state index is 0.00268. The van der Waals surface area contributed by atoms with Crippen molar-refractivity contribution >= 4 is 5.71 Å². The Bertz CT molecular complexity index is 396. The Morgan fingerprint density at radius 1 is 1.52 bits per heavy atom. The predicted molar refractivity (Wildman–Crippen MR) is 78.2 cm³/mol. The van der Waals surface area contributed by atoms with Crippen LogP contribution in [0.4, 0.5) is 13.2 Å². The molecule has 1 N–H and O–H groups in total. The van der Waals surface area contributed by atoms with Gasteiger partial charge in [-0.1, -0.05) is 20.4 Å². The number of ether oxygens (including phenoxy) is 1. The summed E-state index contributed by atoms with van der Waals surface area (Å²) in [6.45, 7) is 8.30. The van der Waals surface area contributed by atoms with E-state index in [2.05, 4.69) is 16.9 Å². The molecule has 1 aliphatic rings. The first-order valence-electron chi connectivity index (χ1n) is 7.21. The fourth-order valence-electron chi connectivity index (χ4n) is 1.92. The van der Waals surface area contributed by atoms with E-state index < -0.39 is 11.9 Å². The third-order valence-electron chi connectivity index (χ3n) is 3.32. The summed E-state index contributed by atoms with van der Waals surface area (Å²) in [6.07, 6.45) is 0.556. The van der Waals surface area contributed by atoms with E-state index in [1.54, 1.807) is 6.08 Å². The number of nitrogens with one attached hydrogen (secondary N) is 1. The molecular weight excluding hydrogens is 281 g/mol. The Balaban J connectivity index is 2.93. The summed E-state index contributed by atoms with van der Waals surface area (Å²) in [5.74, 6) is 0.382. The number of allylic oxidation sites excluding steroid dienone is 2. The Hall–Kier alpha value is -1.30. The molecule has 6 heteroatoms. The maximum absolute atomic E-state index is 12.8. The summed E-state index contributed by atoms with van der Waals surface area (Å²) in [4.78, 5) is 3.72. The van der Waals surface area contributed by atoms with Crippen molar-refractivity contribution in [1.82, 2.24) is 5.32 Å². The second kappa shape index (κ2) is 8.22. The lowest BCUT2D eigenvalue weighted by molar-refractivity contribution is -0.0577. The molecule has 1 heterocycles. The number of hydrogen-bond donors (Lipinski definition) is 1. The van der Waals surface area contributed by atoms with Crippen LogP contribution >= 0.6 is 0 Å². The van der Waals surface area contributed by atoms with E-state index in [0.29, 0.717) is 13.2 Å². The van der Waals surface area contributed by atoms with Crippen LogP contribution in [0.5, 0.6) is 0 Å². The minimum Gasteiger partial charge on any atom is -0.379 e. The molecule has 0 amide bonds. The van der Waals surface area contributed by atoms with Crippen LogP contribution in [0.3, 0.4) is 0 Å². The van der Waals surface area contributed by atoms with Crippen LogP contribution in [-0.4, -0.2) is 31.1 Å². The zero-order chi connectivity index (χ0) is 15.9. The van der Waals surface area contributed by atoms with Crippen LogP contribution in [0.2, 0.25) is 0 Å². The number of hydrogen-bond acceptors (Lipinski definition) is 3. The Kier molecular flexibility index (Phi) is 6.95. The van der Waals surface area contributed by atoms with Crippen molar-refractivity contribution in [3.05, 3.63) is 24.6 Å². The third-order valence-corrected chi connectivity index (χ3v) is 3.32. The van der Waals surface area contributed by atoms with Gasteiger partial charge >= 0.3 is 6.18 Å². The van der Waals surface area contributed by atoms with Crippen molar-refractivity contribution in [1.29, 1.82) is 0 Å². The molecule has 0 saturated carbocycles. The fraction of sp³-hybridized carbons (Fsp3) is 0.667. The van der Waals surface area contributed by atoms with Crippen LogP contribution in [0, 0.1) is 5.92 Å². The van der Waals surface area contributed by atoms with Crippen molar-refractivity contribution in [3.63, 3.8) is 0 Å². The average molecular weight is 304 g/mol. The highest BCUT2D eigenvalue weighted by molar-refractivity contribution is 5.99. The van der Waals surface area contributed by atoms with E-state index in [1.165, 1.54) is 0 Å². The van der Waals surface area contributed by atoms with Gasteiger partial charge in [-0.3, -0.25) is 0 Å². The van der Waals surface area contributed by atoms with Crippen molar-refractivity contribution in [3.8, 4) is 0 Å². The maximum atomic E-state index is 12.8. The zero-order valence-corrected chi connectivity index (χ0v) is 12.5. The van der Waals surface area contributed by atoms with Gasteiger partial charge in [-0.15, -0.1) is 0 Å². The summed E-state index contributed by atoms with van der Waals surface area (Å²) in [5.41, 5.74) is -0.985. The lowest BCUT2D eigenvalue weighted by Crippen LogP contribution is -2.36. The molecule has 21 heavy (non-hydrogen) atoms. The van der Waals surface area contributed by atoms with Crippen LogP contribution < -0.4 is 5.32 Å². The molecule has 0 aliphatic carbocycles. The molecule has 1 rings (SSSR count). The van der Waals surface area contributed by atoms with E-state index in [9.17, 15) is 13.2 Å². The van der Waals surface area contributed by atoms with Gasteiger partial charge in [0.2, 0.25) is 0 Å². The summed E-state index contributed by atoms with van der Waals surface area (Å²) in [5, 5.41) is 3.06. The maximum Gasteiger partial charge on any atom is 0.433 e. The second-order valence-electron chi connectivity index (χ2n) is 5.19.